The Morgan fingerprint density at radius 2 is 1.86 bits per heavy atom. The van der Waals surface area contributed by atoms with Gasteiger partial charge in [-0.25, -0.2) is 0 Å². The van der Waals surface area contributed by atoms with Gasteiger partial charge in [-0.2, -0.15) is 17.9 Å². The summed E-state index contributed by atoms with van der Waals surface area (Å²) >= 11 is 0. The molecule has 0 saturated heterocycles. The van der Waals surface area contributed by atoms with Crippen LogP contribution in [-0.4, -0.2) is 11.0 Å². The lowest BCUT2D eigenvalue weighted by atomic mass is 10.0. The van der Waals surface area contributed by atoms with Gasteiger partial charge in [0.25, 0.3) is 0 Å². The molecular weight excluding hydrogens is 299 g/mol. The molecule has 3 N–H and O–H groups in total. The third kappa shape index (κ3) is 2.67. The largest absolute Gasteiger partial charge is 0.618 e. The van der Waals surface area contributed by atoms with Crippen LogP contribution in [0.4, 0.5) is 13.2 Å². The van der Waals surface area contributed by atoms with Crippen molar-refractivity contribution in [2.45, 2.75) is 13.1 Å². The number of pyridine rings is 1. The number of amidine groups is 1. The maximum Gasteiger partial charge on any atom is 0.417 e. The van der Waals surface area contributed by atoms with E-state index >= 15 is 0 Å². The highest BCUT2D eigenvalue weighted by molar-refractivity contribution is 5.99. The number of oxime groups is 1. The van der Waals surface area contributed by atoms with Crippen molar-refractivity contribution in [3.63, 3.8) is 0 Å². The van der Waals surface area contributed by atoms with E-state index in [-0.39, 0.29) is 11.4 Å². The Labute approximate surface area is 123 Å². The van der Waals surface area contributed by atoms with E-state index in [1.54, 1.807) is 18.2 Å². The molecule has 116 valence electrons. The molecule has 1 aromatic heterocycles. The number of rotatable bonds is 2. The summed E-state index contributed by atoms with van der Waals surface area (Å²) in [6.45, 7) is 1.18. The predicted octanol–water partition coefficient (Wildman–Crippen LogP) is 2.41. The molecule has 0 bridgehead atoms. The maximum absolute atomic E-state index is 13.2. The number of hydrogen-bond acceptors (Lipinski definition) is 3. The van der Waals surface area contributed by atoms with Crippen LogP contribution >= 0.6 is 0 Å². The first-order chi connectivity index (χ1) is 10.3. The van der Waals surface area contributed by atoms with E-state index in [2.05, 4.69) is 5.16 Å². The van der Waals surface area contributed by atoms with Crippen molar-refractivity contribution in [3.8, 4) is 11.3 Å². The van der Waals surface area contributed by atoms with Crippen LogP contribution in [0.15, 0.2) is 41.6 Å². The molecule has 0 aliphatic carbocycles. The van der Waals surface area contributed by atoms with Crippen molar-refractivity contribution in [2.75, 3.05) is 0 Å². The van der Waals surface area contributed by atoms with Crippen molar-refractivity contribution < 1.29 is 23.1 Å². The fourth-order valence-corrected chi connectivity index (χ4v) is 2.15. The summed E-state index contributed by atoms with van der Waals surface area (Å²) < 4.78 is 40.1. The number of nitrogens with two attached hydrogens (primary N) is 1. The van der Waals surface area contributed by atoms with Crippen LogP contribution in [0.2, 0.25) is 0 Å². The highest BCUT2D eigenvalue weighted by Crippen LogP contribution is 2.34. The topological polar surface area (TPSA) is 85.5 Å². The lowest BCUT2D eigenvalue weighted by molar-refractivity contribution is -0.601. The Kier molecular flexibility index (Phi) is 3.94. The minimum Gasteiger partial charge on any atom is -0.618 e. The van der Waals surface area contributed by atoms with Crippen LogP contribution in [0, 0.1) is 12.1 Å². The Morgan fingerprint density at radius 1 is 1.27 bits per heavy atom. The molecule has 1 heterocycles. The SMILES string of the molecule is Cc1c(/C(N)=N/O)c(C(F)(F)F)cc(-c2ccccc2)[n+]1[O-]. The number of benzene rings is 1. The molecular formula is C14H12F3N3O2. The normalized spacial score (nSPS) is 12.5. The smallest absolute Gasteiger partial charge is 0.417 e. The van der Waals surface area contributed by atoms with Crippen LogP contribution in [-0.2, 0) is 6.18 Å². The van der Waals surface area contributed by atoms with E-state index in [0.717, 1.165) is 0 Å². The molecule has 8 heteroatoms. The van der Waals surface area contributed by atoms with E-state index in [4.69, 9.17) is 10.9 Å². The van der Waals surface area contributed by atoms with Gasteiger partial charge in [-0.05, 0) is 12.1 Å². The quantitative estimate of drug-likeness (QED) is 0.223. The zero-order valence-corrected chi connectivity index (χ0v) is 11.4. The number of alkyl halides is 3. The lowest BCUT2D eigenvalue weighted by Gasteiger charge is -2.16. The molecule has 2 aromatic rings. The van der Waals surface area contributed by atoms with E-state index in [0.29, 0.717) is 16.4 Å². The summed E-state index contributed by atoms with van der Waals surface area (Å²) in [7, 11) is 0. The molecule has 1 aromatic carbocycles. The zero-order chi connectivity index (χ0) is 16.5. The second kappa shape index (κ2) is 5.55. The molecule has 0 amide bonds. The third-order valence-corrected chi connectivity index (χ3v) is 3.17. The van der Waals surface area contributed by atoms with Gasteiger partial charge in [0.15, 0.2) is 5.84 Å². The van der Waals surface area contributed by atoms with Crippen molar-refractivity contribution in [2.24, 2.45) is 10.9 Å². The Hall–Kier alpha value is -2.77. The van der Waals surface area contributed by atoms with Crippen molar-refractivity contribution in [1.82, 2.24) is 0 Å². The fourth-order valence-electron chi connectivity index (χ4n) is 2.15. The van der Waals surface area contributed by atoms with Crippen LogP contribution in [0.3, 0.4) is 0 Å². The van der Waals surface area contributed by atoms with Crippen LogP contribution in [0.5, 0.6) is 0 Å². The van der Waals surface area contributed by atoms with Gasteiger partial charge >= 0.3 is 6.18 Å². The number of aromatic nitrogens is 1. The number of halogens is 3. The Balaban J connectivity index is 2.84. The second-order valence-electron chi connectivity index (χ2n) is 4.55. The Morgan fingerprint density at radius 3 is 2.36 bits per heavy atom. The van der Waals surface area contributed by atoms with Gasteiger partial charge in [0.05, 0.1) is 5.56 Å². The summed E-state index contributed by atoms with van der Waals surface area (Å²) in [5.74, 6) is -0.769. The molecule has 0 saturated carbocycles. The summed E-state index contributed by atoms with van der Waals surface area (Å²) in [6.07, 6.45) is -4.76. The lowest BCUT2D eigenvalue weighted by Crippen LogP contribution is -2.38. The van der Waals surface area contributed by atoms with E-state index < -0.39 is 23.1 Å². The molecule has 0 fully saturated rings. The maximum atomic E-state index is 13.2. The van der Waals surface area contributed by atoms with Gasteiger partial charge in [0.2, 0.25) is 11.4 Å². The minimum absolute atomic E-state index is 0.167. The Bertz CT molecular complexity index is 728. The molecule has 22 heavy (non-hydrogen) atoms. The monoisotopic (exact) mass is 311 g/mol. The standard InChI is InChI=1S/C14H12F3N3O2/c1-8-12(13(18)19-21)10(14(15,16)17)7-11(20(8)22)9-5-3-2-4-6-9/h2-7,21H,1H3,(H2,18,19). The van der Waals surface area contributed by atoms with Crippen molar-refractivity contribution in [1.29, 1.82) is 0 Å². The molecule has 2 rings (SSSR count). The first kappa shape index (κ1) is 15.6. The van der Waals surface area contributed by atoms with Crippen LogP contribution < -0.4 is 10.5 Å². The van der Waals surface area contributed by atoms with Crippen molar-refractivity contribution >= 4 is 5.84 Å². The van der Waals surface area contributed by atoms with E-state index in [1.165, 1.54) is 19.1 Å². The van der Waals surface area contributed by atoms with Gasteiger partial charge < -0.3 is 16.1 Å². The summed E-state index contributed by atoms with van der Waals surface area (Å²) in [5.41, 5.74) is 3.39. The van der Waals surface area contributed by atoms with Crippen LogP contribution in [0.25, 0.3) is 11.3 Å². The third-order valence-electron chi connectivity index (χ3n) is 3.17. The average Bonchev–Trinajstić information content (AvgIpc) is 2.48. The van der Waals surface area contributed by atoms with Gasteiger partial charge in [0, 0.05) is 18.6 Å². The number of hydrogen-bond donors (Lipinski definition) is 2. The van der Waals surface area contributed by atoms with Gasteiger partial charge in [-0.15, -0.1) is 0 Å². The van der Waals surface area contributed by atoms with E-state index in [1.807, 2.05) is 0 Å². The summed E-state index contributed by atoms with van der Waals surface area (Å²) in [4.78, 5) is 0. The van der Waals surface area contributed by atoms with E-state index in [9.17, 15) is 18.4 Å². The second-order valence-corrected chi connectivity index (χ2v) is 4.55. The predicted molar refractivity (Wildman–Crippen MR) is 73.1 cm³/mol. The van der Waals surface area contributed by atoms with Crippen LogP contribution in [0.1, 0.15) is 16.8 Å². The molecule has 5 nitrogen and oxygen atoms in total. The molecule has 0 aliphatic heterocycles. The first-order valence-corrected chi connectivity index (χ1v) is 6.15. The summed E-state index contributed by atoms with van der Waals surface area (Å²) in [5, 5.41) is 23.5. The highest BCUT2D eigenvalue weighted by atomic mass is 19.4. The average molecular weight is 311 g/mol. The van der Waals surface area contributed by atoms with Crippen molar-refractivity contribution in [3.05, 3.63) is 58.4 Å². The molecule has 0 unspecified atom stereocenters. The van der Waals surface area contributed by atoms with Gasteiger partial charge in [-0.1, -0.05) is 23.4 Å². The fraction of sp³-hybridized carbons (Fsp3) is 0.143. The minimum atomic E-state index is -4.76. The van der Waals surface area contributed by atoms with Gasteiger partial charge in [0.1, 0.15) is 5.56 Å². The number of nitrogens with zero attached hydrogens (tertiary/aromatic N) is 2. The zero-order valence-electron chi connectivity index (χ0n) is 11.4. The summed E-state index contributed by atoms with van der Waals surface area (Å²) in [6, 6.07) is 8.63. The molecule has 0 spiro atoms. The molecule has 0 radical (unpaired) electrons. The molecule has 0 atom stereocenters. The highest BCUT2D eigenvalue weighted by Gasteiger charge is 2.39. The van der Waals surface area contributed by atoms with Gasteiger partial charge in [-0.3, -0.25) is 0 Å². The molecule has 0 aliphatic rings. The first-order valence-electron chi connectivity index (χ1n) is 6.15.